The normalized spacial score (nSPS) is 22.0. The average Bonchev–Trinajstić information content (AvgIpc) is 3.41. The van der Waals surface area contributed by atoms with Gasteiger partial charge >= 0.3 is 0 Å². The first-order chi connectivity index (χ1) is 13.2. The zero-order valence-corrected chi connectivity index (χ0v) is 15.2. The maximum Gasteiger partial charge on any atom is 0.253 e. The van der Waals surface area contributed by atoms with E-state index in [0.717, 1.165) is 31.5 Å². The molecule has 2 fully saturated rings. The molecule has 0 bridgehead atoms. The number of carbonyl (C=O) groups is 2. The summed E-state index contributed by atoms with van der Waals surface area (Å²) in [5, 5.41) is 2.93. The second-order valence-corrected chi connectivity index (χ2v) is 7.11. The van der Waals surface area contributed by atoms with Crippen LogP contribution < -0.4 is 16.2 Å². The maximum absolute atomic E-state index is 12.5. The van der Waals surface area contributed by atoms with E-state index in [1.807, 2.05) is 23.1 Å². The lowest BCUT2D eigenvalue weighted by Gasteiger charge is -2.15. The quantitative estimate of drug-likeness (QED) is 0.779. The van der Waals surface area contributed by atoms with Gasteiger partial charge in [0.25, 0.3) is 5.91 Å². The Morgan fingerprint density at radius 1 is 0.926 bits per heavy atom. The van der Waals surface area contributed by atoms with E-state index in [1.165, 1.54) is 0 Å². The van der Waals surface area contributed by atoms with Gasteiger partial charge in [0.2, 0.25) is 5.91 Å². The number of hydrogen-bond acceptors (Lipinski definition) is 4. The number of likely N-dealkylation sites (tertiary alicyclic amines) is 1. The van der Waals surface area contributed by atoms with Crippen molar-refractivity contribution < 1.29 is 9.59 Å². The van der Waals surface area contributed by atoms with Crippen molar-refractivity contribution in [3.8, 4) is 0 Å². The number of hydrogen-bond donors (Lipinski definition) is 3. The highest BCUT2D eigenvalue weighted by molar-refractivity contribution is 5.97. The van der Waals surface area contributed by atoms with Crippen LogP contribution in [0.15, 0.2) is 54.6 Å². The Hall–Kier alpha value is -2.70. The summed E-state index contributed by atoms with van der Waals surface area (Å²) in [6.07, 6.45) is 2.83. The molecule has 0 saturated carbocycles. The van der Waals surface area contributed by atoms with Crippen molar-refractivity contribution in [3.63, 3.8) is 0 Å². The van der Waals surface area contributed by atoms with Crippen molar-refractivity contribution in [1.29, 1.82) is 0 Å². The highest BCUT2D eigenvalue weighted by Crippen LogP contribution is 2.23. The van der Waals surface area contributed by atoms with Gasteiger partial charge in [0.1, 0.15) is 6.04 Å². The first kappa shape index (κ1) is 17.7. The number of hydrazine groups is 1. The maximum atomic E-state index is 12.5. The zero-order chi connectivity index (χ0) is 18.6. The molecule has 2 aliphatic rings. The fourth-order valence-electron chi connectivity index (χ4n) is 3.66. The second kappa shape index (κ2) is 7.90. The van der Waals surface area contributed by atoms with E-state index in [2.05, 4.69) is 28.3 Å². The van der Waals surface area contributed by atoms with Crippen LogP contribution in [0.4, 0.5) is 5.69 Å². The van der Waals surface area contributed by atoms with Crippen molar-refractivity contribution in [2.24, 2.45) is 0 Å². The van der Waals surface area contributed by atoms with Gasteiger partial charge in [-0.3, -0.25) is 9.59 Å². The molecule has 2 heterocycles. The van der Waals surface area contributed by atoms with Crippen LogP contribution in [0.2, 0.25) is 0 Å². The van der Waals surface area contributed by atoms with E-state index in [4.69, 9.17) is 0 Å². The van der Waals surface area contributed by atoms with E-state index < -0.39 is 0 Å². The molecule has 0 spiro atoms. The van der Waals surface area contributed by atoms with Gasteiger partial charge in [0.05, 0.1) is 0 Å². The third-order valence-corrected chi connectivity index (χ3v) is 5.21. The minimum Gasteiger partial charge on any atom is -0.339 e. The summed E-state index contributed by atoms with van der Waals surface area (Å²) in [5.74, 6) is -0.0164. The third kappa shape index (κ3) is 4.02. The van der Waals surface area contributed by atoms with Crippen molar-refractivity contribution in [3.05, 3.63) is 65.7 Å². The Labute approximate surface area is 158 Å². The lowest BCUT2D eigenvalue weighted by Crippen LogP contribution is -2.39. The van der Waals surface area contributed by atoms with Gasteiger partial charge < -0.3 is 10.2 Å². The molecule has 27 heavy (non-hydrogen) atoms. The first-order valence-electron chi connectivity index (χ1n) is 9.47. The van der Waals surface area contributed by atoms with Crippen molar-refractivity contribution in [2.75, 3.05) is 18.4 Å². The van der Waals surface area contributed by atoms with Gasteiger partial charge in [-0.1, -0.05) is 30.3 Å². The summed E-state index contributed by atoms with van der Waals surface area (Å²) in [5.41, 5.74) is 8.77. The Bertz CT molecular complexity index is 801. The van der Waals surface area contributed by atoms with Crippen molar-refractivity contribution in [2.45, 2.75) is 31.3 Å². The van der Waals surface area contributed by atoms with Gasteiger partial charge in [-0.2, -0.15) is 0 Å². The molecule has 140 valence electrons. The Morgan fingerprint density at radius 3 is 2.33 bits per heavy atom. The molecule has 0 radical (unpaired) electrons. The lowest BCUT2D eigenvalue weighted by molar-refractivity contribution is -0.117. The average molecular weight is 364 g/mol. The number of anilines is 1. The molecule has 3 N–H and O–H groups in total. The third-order valence-electron chi connectivity index (χ3n) is 5.21. The van der Waals surface area contributed by atoms with Crippen LogP contribution in [-0.4, -0.2) is 35.8 Å². The molecule has 2 aromatic carbocycles. The molecule has 2 atom stereocenters. The summed E-state index contributed by atoms with van der Waals surface area (Å²) in [6.45, 7) is 1.67. The molecule has 6 heteroatoms. The van der Waals surface area contributed by atoms with Gasteiger partial charge in [0.15, 0.2) is 0 Å². The predicted molar refractivity (Wildman–Crippen MR) is 104 cm³/mol. The van der Waals surface area contributed by atoms with E-state index in [0.29, 0.717) is 17.7 Å². The summed E-state index contributed by atoms with van der Waals surface area (Å²) >= 11 is 0. The number of nitrogens with zero attached hydrogens (tertiary/aromatic N) is 1. The van der Waals surface area contributed by atoms with Crippen LogP contribution in [0.3, 0.4) is 0 Å². The summed E-state index contributed by atoms with van der Waals surface area (Å²) in [6, 6.07) is 17.0. The lowest BCUT2D eigenvalue weighted by atomic mass is 10.0. The summed E-state index contributed by atoms with van der Waals surface area (Å²) in [4.78, 5) is 26.8. The highest BCUT2D eigenvalue weighted by atomic mass is 16.2. The molecule has 2 unspecified atom stereocenters. The number of benzene rings is 2. The minimum atomic E-state index is -0.305. The molecule has 2 aromatic rings. The van der Waals surface area contributed by atoms with Crippen LogP contribution >= 0.6 is 0 Å². The largest absolute Gasteiger partial charge is 0.339 e. The van der Waals surface area contributed by atoms with Crippen LogP contribution in [-0.2, 0) is 4.79 Å². The van der Waals surface area contributed by atoms with Crippen LogP contribution in [0.25, 0.3) is 0 Å². The fourth-order valence-corrected chi connectivity index (χ4v) is 3.66. The zero-order valence-electron chi connectivity index (χ0n) is 15.2. The molecule has 2 saturated heterocycles. The number of amides is 2. The molecular weight excluding hydrogens is 340 g/mol. The van der Waals surface area contributed by atoms with E-state index >= 15 is 0 Å². The Kier molecular flexibility index (Phi) is 5.18. The second-order valence-electron chi connectivity index (χ2n) is 7.11. The van der Waals surface area contributed by atoms with E-state index in [1.54, 1.807) is 24.3 Å². The topological polar surface area (TPSA) is 73.5 Å². The molecule has 2 aliphatic heterocycles. The fraction of sp³-hybridized carbons (Fsp3) is 0.333. The van der Waals surface area contributed by atoms with Gasteiger partial charge in [-0.25, -0.2) is 10.9 Å². The molecule has 6 nitrogen and oxygen atoms in total. The standard InChI is InChI=1S/C21H24N4O2/c26-20(19-14-18(23-24-19)15-6-2-1-3-7-15)22-17-10-8-16(9-11-17)21(27)25-12-4-5-13-25/h1-3,6-11,18-19,23-24H,4-5,12-14H2,(H,22,26). The van der Waals surface area contributed by atoms with Gasteiger partial charge in [-0.05, 0) is 49.1 Å². The van der Waals surface area contributed by atoms with Gasteiger partial charge in [0, 0.05) is 30.4 Å². The smallest absolute Gasteiger partial charge is 0.253 e. The van der Waals surface area contributed by atoms with Crippen LogP contribution in [0, 0.1) is 0 Å². The molecule has 2 amide bonds. The van der Waals surface area contributed by atoms with E-state index in [-0.39, 0.29) is 23.9 Å². The highest BCUT2D eigenvalue weighted by Gasteiger charge is 2.30. The van der Waals surface area contributed by atoms with E-state index in [9.17, 15) is 9.59 Å². The molecular formula is C21H24N4O2. The number of carbonyl (C=O) groups excluding carboxylic acids is 2. The van der Waals surface area contributed by atoms with Crippen molar-refractivity contribution >= 4 is 17.5 Å². The monoisotopic (exact) mass is 364 g/mol. The van der Waals surface area contributed by atoms with Crippen molar-refractivity contribution in [1.82, 2.24) is 15.8 Å². The first-order valence-corrected chi connectivity index (χ1v) is 9.47. The summed E-state index contributed by atoms with van der Waals surface area (Å²) in [7, 11) is 0. The number of rotatable bonds is 4. The predicted octanol–water partition coefficient (Wildman–Crippen LogP) is 2.47. The molecule has 0 aliphatic carbocycles. The van der Waals surface area contributed by atoms with Crippen LogP contribution in [0.1, 0.15) is 41.2 Å². The minimum absolute atomic E-state index is 0.0674. The Morgan fingerprint density at radius 2 is 1.63 bits per heavy atom. The van der Waals surface area contributed by atoms with Crippen LogP contribution in [0.5, 0.6) is 0 Å². The SMILES string of the molecule is O=C(Nc1ccc(C(=O)N2CCCC2)cc1)C1CC(c2ccccc2)NN1. The molecule has 4 rings (SSSR count). The molecule has 0 aromatic heterocycles. The number of nitrogens with one attached hydrogen (secondary N) is 3. The summed E-state index contributed by atoms with van der Waals surface area (Å²) < 4.78 is 0. The Balaban J connectivity index is 1.34. The van der Waals surface area contributed by atoms with Gasteiger partial charge in [-0.15, -0.1) is 0 Å².